The number of para-hydroxylation sites is 1. The minimum absolute atomic E-state index is 0.182. The molecule has 6 nitrogen and oxygen atoms in total. The van der Waals surface area contributed by atoms with E-state index in [-0.39, 0.29) is 17.6 Å². The smallest absolute Gasteiger partial charge is 0.252 e. The molecule has 0 spiro atoms. The van der Waals surface area contributed by atoms with Crippen LogP contribution in [-0.2, 0) is 10.0 Å². The quantitative estimate of drug-likeness (QED) is 0.740. The summed E-state index contributed by atoms with van der Waals surface area (Å²) >= 11 is 0. The van der Waals surface area contributed by atoms with Crippen molar-refractivity contribution in [2.24, 2.45) is 0 Å². The van der Waals surface area contributed by atoms with E-state index in [1.165, 1.54) is 0 Å². The SMILES string of the molecule is CCC1(CC)C[C@@H](NC(=O)c2cccc(NS(C)(=O)=O)c2C)c2ccccc2O1. The minimum Gasteiger partial charge on any atom is -0.487 e. The predicted molar refractivity (Wildman–Crippen MR) is 115 cm³/mol. The van der Waals surface area contributed by atoms with Crippen LogP contribution in [0.1, 0.15) is 60.6 Å². The van der Waals surface area contributed by atoms with Crippen molar-refractivity contribution in [1.82, 2.24) is 5.32 Å². The van der Waals surface area contributed by atoms with Crippen molar-refractivity contribution in [2.45, 2.75) is 51.7 Å². The summed E-state index contributed by atoms with van der Waals surface area (Å²) in [5, 5.41) is 3.15. The summed E-state index contributed by atoms with van der Waals surface area (Å²) in [4.78, 5) is 13.1. The summed E-state index contributed by atoms with van der Waals surface area (Å²) in [5.74, 6) is 0.569. The van der Waals surface area contributed by atoms with Crippen LogP contribution in [0.15, 0.2) is 42.5 Å². The Hall–Kier alpha value is -2.54. The zero-order valence-electron chi connectivity index (χ0n) is 17.3. The molecule has 0 fully saturated rings. The Bertz CT molecular complexity index is 1010. The normalized spacial score (nSPS) is 17.7. The number of hydrogen-bond acceptors (Lipinski definition) is 4. The first-order chi connectivity index (χ1) is 13.7. The van der Waals surface area contributed by atoms with Crippen LogP contribution in [0.2, 0.25) is 0 Å². The molecule has 2 aromatic carbocycles. The number of anilines is 1. The summed E-state index contributed by atoms with van der Waals surface area (Å²) in [6.45, 7) is 5.93. The first-order valence-electron chi connectivity index (χ1n) is 9.84. The average molecular weight is 417 g/mol. The van der Waals surface area contributed by atoms with Crippen molar-refractivity contribution in [3.8, 4) is 5.75 Å². The number of carbonyl (C=O) groups is 1. The second-order valence-electron chi connectivity index (χ2n) is 7.61. The van der Waals surface area contributed by atoms with Crippen LogP contribution in [0.25, 0.3) is 0 Å². The Morgan fingerprint density at radius 1 is 1.14 bits per heavy atom. The Balaban J connectivity index is 1.91. The Labute approximate surface area is 172 Å². The van der Waals surface area contributed by atoms with Crippen molar-refractivity contribution in [2.75, 3.05) is 11.0 Å². The van der Waals surface area contributed by atoms with Crippen molar-refractivity contribution < 1.29 is 17.9 Å². The highest BCUT2D eigenvalue weighted by Crippen LogP contribution is 2.42. The highest BCUT2D eigenvalue weighted by atomic mass is 32.2. The first kappa shape index (κ1) is 21.2. The van der Waals surface area contributed by atoms with Crippen LogP contribution in [0.3, 0.4) is 0 Å². The number of benzene rings is 2. The maximum Gasteiger partial charge on any atom is 0.252 e. The maximum atomic E-state index is 13.1. The van der Waals surface area contributed by atoms with Gasteiger partial charge in [-0.25, -0.2) is 8.42 Å². The lowest BCUT2D eigenvalue weighted by atomic mass is 9.83. The number of rotatable bonds is 6. The van der Waals surface area contributed by atoms with E-state index < -0.39 is 10.0 Å². The highest BCUT2D eigenvalue weighted by molar-refractivity contribution is 7.92. The molecule has 1 aliphatic heterocycles. The number of fused-ring (bicyclic) bond motifs is 1. The van der Waals surface area contributed by atoms with E-state index >= 15 is 0 Å². The average Bonchev–Trinajstić information content (AvgIpc) is 2.68. The third-order valence-electron chi connectivity index (χ3n) is 5.66. The number of sulfonamides is 1. The van der Waals surface area contributed by atoms with Gasteiger partial charge in [0, 0.05) is 17.5 Å². The van der Waals surface area contributed by atoms with E-state index in [1.807, 2.05) is 24.3 Å². The fourth-order valence-electron chi connectivity index (χ4n) is 3.86. The minimum atomic E-state index is -3.43. The fraction of sp³-hybridized carbons (Fsp3) is 0.409. The molecule has 0 bridgehead atoms. The van der Waals surface area contributed by atoms with E-state index in [0.717, 1.165) is 30.4 Å². The number of carbonyl (C=O) groups excluding carboxylic acids is 1. The molecule has 1 aliphatic rings. The highest BCUT2D eigenvalue weighted by Gasteiger charge is 2.39. The molecule has 0 radical (unpaired) electrons. The van der Waals surface area contributed by atoms with E-state index in [2.05, 4.69) is 23.9 Å². The van der Waals surface area contributed by atoms with E-state index in [0.29, 0.717) is 23.2 Å². The molecule has 7 heteroatoms. The monoisotopic (exact) mass is 416 g/mol. The van der Waals surface area contributed by atoms with Gasteiger partial charge in [-0.3, -0.25) is 9.52 Å². The van der Waals surface area contributed by atoms with Gasteiger partial charge in [-0.2, -0.15) is 0 Å². The van der Waals surface area contributed by atoms with Gasteiger partial charge in [-0.1, -0.05) is 38.1 Å². The molecule has 1 atom stereocenters. The molecule has 2 aromatic rings. The van der Waals surface area contributed by atoms with E-state index in [9.17, 15) is 13.2 Å². The van der Waals surface area contributed by atoms with Crippen LogP contribution in [-0.4, -0.2) is 26.2 Å². The van der Waals surface area contributed by atoms with Gasteiger partial charge >= 0.3 is 0 Å². The summed E-state index contributed by atoms with van der Waals surface area (Å²) in [5.41, 5.74) is 2.08. The standard InChI is InChI=1S/C22H28N2O4S/c1-5-22(6-2)14-19(17-10-7-8-13-20(17)28-22)23-21(25)16-11-9-12-18(15(16)3)24-29(4,26)27/h7-13,19,24H,5-6,14H2,1-4H3,(H,23,25)/t19-/m1/s1. The predicted octanol–water partition coefficient (Wildman–Crippen LogP) is 4.18. The molecule has 0 aromatic heterocycles. The molecule has 1 amide bonds. The molecular weight excluding hydrogens is 388 g/mol. The Morgan fingerprint density at radius 2 is 1.83 bits per heavy atom. The fourth-order valence-corrected chi connectivity index (χ4v) is 4.48. The topological polar surface area (TPSA) is 84.5 Å². The first-order valence-corrected chi connectivity index (χ1v) is 11.7. The van der Waals surface area contributed by atoms with Gasteiger partial charge in [0.25, 0.3) is 5.91 Å². The molecule has 156 valence electrons. The van der Waals surface area contributed by atoms with Crippen LogP contribution in [0, 0.1) is 6.92 Å². The molecule has 0 aliphatic carbocycles. The number of amides is 1. The van der Waals surface area contributed by atoms with Gasteiger partial charge in [-0.05, 0) is 43.5 Å². The number of ether oxygens (including phenoxy) is 1. The third-order valence-corrected chi connectivity index (χ3v) is 6.26. The molecule has 1 heterocycles. The van der Waals surface area contributed by atoms with Crippen LogP contribution in [0.5, 0.6) is 5.75 Å². The van der Waals surface area contributed by atoms with Crippen LogP contribution >= 0.6 is 0 Å². The summed E-state index contributed by atoms with van der Waals surface area (Å²) in [6, 6.07) is 12.6. The van der Waals surface area contributed by atoms with Gasteiger partial charge in [-0.15, -0.1) is 0 Å². The van der Waals surface area contributed by atoms with Gasteiger partial charge in [0.1, 0.15) is 11.4 Å². The number of hydrogen-bond donors (Lipinski definition) is 2. The number of nitrogens with one attached hydrogen (secondary N) is 2. The molecule has 0 saturated heterocycles. The van der Waals surface area contributed by atoms with Crippen molar-refractivity contribution >= 4 is 21.6 Å². The summed E-state index contributed by atoms with van der Waals surface area (Å²) < 4.78 is 32.0. The maximum absolute atomic E-state index is 13.1. The second-order valence-corrected chi connectivity index (χ2v) is 9.36. The third kappa shape index (κ3) is 4.56. The molecule has 0 unspecified atom stereocenters. The van der Waals surface area contributed by atoms with E-state index in [1.54, 1.807) is 25.1 Å². The zero-order valence-corrected chi connectivity index (χ0v) is 18.1. The van der Waals surface area contributed by atoms with Crippen molar-refractivity contribution in [3.05, 3.63) is 59.2 Å². The summed E-state index contributed by atoms with van der Waals surface area (Å²) in [6.07, 6.45) is 3.46. The lowest BCUT2D eigenvalue weighted by Crippen LogP contribution is -2.44. The molecule has 29 heavy (non-hydrogen) atoms. The second kappa shape index (κ2) is 8.06. The molecule has 3 rings (SSSR count). The molecule has 2 N–H and O–H groups in total. The molecule has 0 saturated carbocycles. The lowest BCUT2D eigenvalue weighted by Gasteiger charge is -2.41. The van der Waals surface area contributed by atoms with Crippen molar-refractivity contribution in [3.63, 3.8) is 0 Å². The van der Waals surface area contributed by atoms with Gasteiger partial charge in [0.15, 0.2) is 0 Å². The zero-order chi connectivity index (χ0) is 21.2. The van der Waals surface area contributed by atoms with Gasteiger partial charge < -0.3 is 10.1 Å². The Morgan fingerprint density at radius 3 is 2.48 bits per heavy atom. The van der Waals surface area contributed by atoms with Gasteiger partial charge in [0.05, 0.1) is 18.0 Å². The van der Waals surface area contributed by atoms with Crippen molar-refractivity contribution in [1.29, 1.82) is 0 Å². The largest absolute Gasteiger partial charge is 0.487 e. The Kier molecular flexibility index (Phi) is 5.89. The van der Waals surface area contributed by atoms with Crippen LogP contribution < -0.4 is 14.8 Å². The molecular formula is C22H28N2O4S. The summed E-state index contributed by atoms with van der Waals surface area (Å²) in [7, 11) is -3.43. The van der Waals surface area contributed by atoms with Crippen LogP contribution in [0.4, 0.5) is 5.69 Å². The lowest BCUT2D eigenvalue weighted by molar-refractivity contribution is 0.0227. The van der Waals surface area contributed by atoms with E-state index in [4.69, 9.17) is 4.74 Å². The van der Waals surface area contributed by atoms with Gasteiger partial charge in [0.2, 0.25) is 10.0 Å².